The van der Waals surface area contributed by atoms with Gasteiger partial charge in [0.15, 0.2) is 5.82 Å². The molecule has 2 rings (SSSR count). The van der Waals surface area contributed by atoms with Gasteiger partial charge in [-0.05, 0) is 27.7 Å². The molecule has 21 heavy (non-hydrogen) atoms. The van der Waals surface area contributed by atoms with Crippen LogP contribution in [0, 0.1) is 13.8 Å². The summed E-state index contributed by atoms with van der Waals surface area (Å²) in [6.45, 7) is 11.6. The molecule has 0 aromatic carbocycles. The van der Waals surface area contributed by atoms with Crippen LogP contribution in [0.15, 0.2) is 24.0 Å². The molecule has 0 fully saturated rings. The average Bonchev–Trinajstić information content (AvgIpc) is 2.40. The molecule has 2 aromatic rings. The molecule has 108 valence electrons. The minimum absolute atomic E-state index is 0.245. The second-order valence-electron chi connectivity index (χ2n) is 4.93. The molecule has 0 saturated heterocycles. The monoisotopic (exact) mass is 282 g/mol. The van der Waals surface area contributed by atoms with Crippen molar-refractivity contribution in [3.05, 3.63) is 41.6 Å². The van der Waals surface area contributed by atoms with Gasteiger partial charge >= 0.3 is 0 Å². The van der Waals surface area contributed by atoms with Gasteiger partial charge in [-0.1, -0.05) is 6.58 Å². The standard InChI is InChI=1S/C15H18N6/c1-8(2)19-14-11(5)20-13(7-17-14)9(3)12-6-18-15(16)21-10(12)4/h6-7H,3H2,1-2,4-5H3,(H2,16,18,21). The van der Waals surface area contributed by atoms with Crippen molar-refractivity contribution in [3.8, 4) is 0 Å². The Bertz CT molecular complexity index is 729. The summed E-state index contributed by atoms with van der Waals surface area (Å²) < 4.78 is 0. The fourth-order valence-corrected chi connectivity index (χ4v) is 1.86. The Morgan fingerprint density at radius 3 is 2.38 bits per heavy atom. The molecule has 0 radical (unpaired) electrons. The summed E-state index contributed by atoms with van der Waals surface area (Å²) in [6, 6.07) is 0. The summed E-state index contributed by atoms with van der Waals surface area (Å²) in [5.41, 5.74) is 10.2. The van der Waals surface area contributed by atoms with Gasteiger partial charge in [0.1, 0.15) is 0 Å². The molecule has 2 heterocycles. The molecule has 0 unspecified atom stereocenters. The highest BCUT2D eigenvalue weighted by atomic mass is 15.0. The minimum Gasteiger partial charge on any atom is -0.368 e. The highest BCUT2D eigenvalue weighted by Gasteiger charge is 2.11. The second kappa shape index (κ2) is 5.78. The van der Waals surface area contributed by atoms with E-state index in [9.17, 15) is 0 Å². The lowest BCUT2D eigenvalue weighted by atomic mass is 10.1. The topological polar surface area (TPSA) is 89.9 Å². The van der Waals surface area contributed by atoms with Crippen molar-refractivity contribution in [2.45, 2.75) is 27.7 Å². The molecule has 0 aliphatic heterocycles. The van der Waals surface area contributed by atoms with Crippen LogP contribution in [-0.2, 0) is 0 Å². The van der Waals surface area contributed by atoms with Crippen molar-refractivity contribution in [1.29, 1.82) is 0 Å². The number of nitrogens with two attached hydrogens (primary N) is 1. The molecular weight excluding hydrogens is 264 g/mol. The van der Waals surface area contributed by atoms with E-state index in [0.29, 0.717) is 17.1 Å². The maximum Gasteiger partial charge on any atom is 0.220 e. The van der Waals surface area contributed by atoms with E-state index in [2.05, 4.69) is 31.5 Å². The van der Waals surface area contributed by atoms with E-state index in [1.165, 1.54) is 0 Å². The van der Waals surface area contributed by atoms with Crippen molar-refractivity contribution in [2.24, 2.45) is 4.99 Å². The first kappa shape index (κ1) is 14.8. The third-order valence-corrected chi connectivity index (χ3v) is 2.88. The number of rotatable bonds is 3. The van der Waals surface area contributed by atoms with Crippen LogP contribution >= 0.6 is 0 Å². The van der Waals surface area contributed by atoms with Crippen LogP contribution < -0.4 is 5.73 Å². The highest BCUT2D eigenvalue weighted by molar-refractivity contribution is 5.82. The molecule has 0 saturated carbocycles. The Morgan fingerprint density at radius 1 is 1.10 bits per heavy atom. The number of aryl methyl sites for hydroxylation is 2. The number of nitrogens with zero attached hydrogens (tertiary/aromatic N) is 5. The summed E-state index contributed by atoms with van der Waals surface area (Å²) >= 11 is 0. The molecule has 0 bridgehead atoms. The van der Waals surface area contributed by atoms with E-state index in [0.717, 1.165) is 22.7 Å². The Kier molecular flexibility index (Phi) is 4.07. The van der Waals surface area contributed by atoms with Gasteiger partial charge in [-0.25, -0.2) is 24.9 Å². The molecular formula is C15H18N6. The number of hydrogen-bond acceptors (Lipinski definition) is 6. The molecule has 0 spiro atoms. The third kappa shape index (κ3) is 3.28. The van der Waals surface area contributed by atoms with Crippen molar-refractivity contribution in [2.75, 3.05) is 5.73 Å². The zero-order valence-electron chi connectivity index (χ0n) is 12.7. The molecule has 0 aliphatic rings. The van der Waals surface area contributed by atoms with Crippen molar-refractivity contribution in [1.82, 2.24) is 19.9 Å². The molecule has 0 atom stereocenters. The number of aliphatic imine (C=N–C) groups is 1. The van der Waals surface area contributed by atoms with Gasteiger partial charge in [0.25, 0.3) is 0 Å². The smallest absolute Gasteiger partial charge is 0.220 e. The fraction of sp³-hybridized carbons (Fsp3) is 0.267. The zero-order valence-corrected chi connectivity index (χ0v) is 12.7. The van der Waals surface area contributed by atoms with Crippen molar-refractivity contribution in [3.63, 3.8) is 0 Å². The van der Waals surface area contributed by atoms with E-state index in [4.69, 9.17) is 5.73 Å². The first-order valence-electron chi connectivity index (χ1n) is 6.52. The maximum atomic E-state index is 5.56. The zero-order chi connectivity index (χ0) is 15.6. The lowest BCUT2D eigenvalue weighted by Gasteiger charge is -2.09. The van der Waals surface area contributed by atoms with Crippen LogP contribution in [0.3, 0.4) is 0 Å². The van der Waals surface area contributed by atoms with E-state index in [1.54, 1.807) is 12.4 Å². The van der Waals surface area contributed by atoms with Crippen molar-refractivity contribution >= 4 is 23.1 Å². The molecule has 6 heteroatoms. The summed E-state index contributed by atoms with van der Waals surface area (Å²) in [5.74, 6) is 0.867. The summed E-state index contributed by atoms with van der Waals surface area (Å²) in [4.78, 5) is 21.3. The lowest BCUT2D eigenvalue weighted by Crippen LogP contribution is -2.02. The largest absolute Gasteiger partial charge is 0.368 e. The average molecular weight is 282 g/mol. The van der Waals surface area contributed by atoms with Gasteiger partial charge in [-0.2, -0.15) is 0 Å². The molecule has 0 aliphatic carbocycles. The highest BCUT2D eigenvalue weighted by Crippen LogP contribution is 2.23. The van der Waals surface area contributed by atoms with Gasteiger partial charge < -0.3 is 5.73 Å². The SMILES string of the molecule is C=C(c1cnc(N=C(C)C)c(C)n1)c1cnc(N)nc1C. The minimum atomic E-state index is 0.245. The normalized spacial score (nSPS) is 10.3. The number of hydrogen-bond donors (Lipinski definition) is 1. The van der Waals surface area contributed by atoms with Crippen LogP contribution in [0.2, 0.25) is 0 Å². The van der Waals surface area contributed by atoms with Crippen LogP contribution in [0.1, 0.15) is 36.5 Å². The molecule has 0 amide bonds. The predicted molar refractivity (Wildman–Crippen MR) is 84.5 cm³/mol. The van der Waals surface area contributed by atoms with E-state index >= 15 is 0 Å². The van der Waals surface area contributed by atoms with Crippen LogP contribution in [-0.4, -0.2) is 25.6 Å². The van der Waals surface area contributed by atoms with Gasteiger partial charge in [-0.3, -0.25) is 0 Å². The van der Waals surface area contributed by atoms with Gasteiger partial charge in [-0.15, -0.1) is 0 Å². The molecule has 2 N–H and O–H groups in total. The summed E-state index contributed by atoms with van der Waals surface area (Å²) in [7, 11) is 0. The molecule has 2 aromatic heterocycles. The molecule has 6 nitrogen and oxygen atoms in total. The van der Waals surface area contributed by atoms with E-state index in [-0.39, 0.29) is 5.95 Å². The van der Waals surface area contributed by atoms with E-state index in [1.807, 2.05) is 27.7 Å². The Morgan fingerprint density at radius 2 is 1.81 bits per heavy atom. The Labute approximate surface area is 123 Å². The van der Waals surface area contributed by atoms with Crippen molar-refractivity contribution < 1.29 is 0 Å². The van der Waals surface area contributed by atoms with E-state index < -0.39 is 0 Å². The summed E-state index contributed by atoms with van der Waals surface area (Å²) in [5, 5.41) is 0. The third-order valence-electron chi connectivity index (χ3n) is 2.88. The van der Waals surface area contributed by atoms with Gasteiger partial charge in [0.05, 0.1) is 23.3 Å². The van der Waals surface area contributed by atoms with Gasteiger partial charge in [0, 0.05) is 23.0 Å². The Balaban J connectivity index is 2.40. The maximum absolute atomic E-state index is 5.56. The Hall–Kier alpha value is -2.63. The first-order valence-corrected chi connectivity index (χ1v) is 6.52. The predicted octanol–water partition coefficient (Wildman–Crippen LogP) is 2.64. The number of nitrogen functional groups attached to an aromatic ring is 1. The first-order chi connectivity index (χ1) is 9.88. The van der Waals surface area contributed by atoms with Crippen LogP contribution in [0.25, 0.3) is 5.57 Å². The van der Waals surface area contributed by atoms with Gasteiger partial charge in [0.2, 0.25) is 5.95 Å². The van der Waals surface area contributed by atoms with Crippen LogP contribution in [0.4, 0.5) is 11.8 Å². The van der Waals surface area contributed by atoms with Crippen LogP contribution in [0.5, 0.6) is 0 Å². The fourth-order valence-electron chi connectivity index (χ4n) is 1.86. The second-order valence-corrected chi connectivity index (χ2v) is 4.93. The summed E-state index contributed by atoms with van der Waals surface area (Å²) in [6.07, 6.45) is 3.31. The number of aromatic nitrogens is 4. The lowest BCUT2D eigenvalue weighted by molar-refractivity contribution is 1.06. The number of anilines is 1. The quantitative estimate of drug-likeness (QED) is 0.874.